The van der Waals surface area contributed by atoms with E-state index in [0.717, 1.165) is 30.5 Å². The second kappa shape index (κ2) is 15.4. The molecule has 4 rings (SSSR count). The molecule has 0 spiro atoms. The lowest BCUT2D eigenvalue weighted by Crippen LogP contribution is -2.59. The number of hydrogen-bond acceptors (Lipinski definition) is 7. The number of carbonyl (C=O) groups is 4. The van der Waals surface area contributed by atoms with Gasteiger partial charge in [0.05, 0.1) is 19.5 Å². The van der Waals surface area contributed by atoms with Gasteiger partial charge in [-0.3, -0.25) is 14.4 Å². The topological polar surface area (TPSA) is 144 Å². The molecule has 0 aliphatic carbocycles. The normalized spacial score (nSPS) is 14.6. The Kier molecular flexibility index (Phi) is 11.5. The fraction of sp³-hybridized carbons (Fsp3) is 0.441. The molecule has 3 aromatic rings. The predicted octanol–water partition coefficient (Wildman–Crippen LogP) is 4.32. The fourth-order valence-electron chi connectivity index (χ4n) is 5.00. The molecule has 1 aliphatic heterocycles. The lowest BCUT2D eigenvalue weighted by Gasteiger charge is -2.29. The van der Waals surface area contributed by atoms with E-state index in [4.69, 9.17) is 9.47 Å². The van der Waals surface area contributed by atoms with Crippen molar-refractivity contribution in [1.82, 2.24) is 25.1 Å². The van der Waals surface area contributed by atoms with E-state index < -0.39 is 52.8 Å². The summed E-state index contributed by atoms with van der Waals surface area (Å²) in [6.07, 6.45) is 3.54. The number of anilines is 1. The van der Waals surface area contributed by atoms with E-state index in [1.807, 2.05) is 30.3 Å². The molecule has 2 aromatic carbocycles. The highest BCUT2D eigenvalue weighted by molar-refractivity contribution is 5.98. The van der Waals surface area contributed by atoms with Crippen LogP contribution in [0.25, 0.3) is 0 Å². The molecule has 1 unspecified atom stereocenters. The molecule has 3 N–H and O–H groups in total. The number of alkyl carbamates (subject to hydrolysis) is 1. The number of carbonyl (C=O) groups excluding carboxylic acids is 4. The lowest BCUT2D eigenvalue weighted by atomic mass is 10.0. The number of hydrogen-bond donors (Lipinski definition) is 3. The Morgan fingerprint density at radius 3 is 2.29 bits per heavy atom. The van der Waals surface area contributed by atoms with Gasteiger partial charge in [0.15, 0.2) is 17.5 Å². The summed E-state index contributed by atoms with van der Waals surface area (Å²) in [5, 5.41) is 7.79. The summed E-state index contributed by atoms with van der Waals surface area (Å²) in [4.78, 5) is 58.7. The van der Waals surface area contributed by atoms with Crippen LogP contribution in [0.2, 0.25) is 0 Å². The minimum absolute atomic E-state index is 0.0373. The Bertz CT molecular complexity index is 1600. The van der Waals surface area contributed by atoms with Crippen LogP contribution in [-0.4, -0.2) is 75.1 Å². The summed E-state index contributed by atoms with van der Waals surface area (Å²) >= 11 is 0. The third-order valence-electron chi connectivity index (χ3n) is 7.46. The van der Waals surface area contributed by atoms with Gasteiger partial charge in [0.1, 0.15) is 23.2 Å². The summed E-state index contributed by atoms with van der Waals surface area (Å²) in [7, 11) is 0. The van der Waals surface area contributed by atoms with Crippen LogP contribution < -0.4 is 16.0 Å². The Morgan fingerprint density at radius 1 is 0.958 bits per heavy atom. The highest BCUT2D eigenvalue weighted by Crippen LogP contribution is 2.26. The molecule has 2 heterocycles. The number of likely N-dealkylation sites (tertiary alicyclic amines) is 1. The van der Waals surface area contributed by atoms with E-state index in [9.17, 15) is 28.0 Å². The summed E-state index contributed by atoms with van der Waals surface area (Å²) in [5.74, 6) is -3.81. The van der Waals surface area contributed by atoms with Gasteiger partial charge in [-0.25, -0.2) is 18.6 Å². The number of imidazole rings is 1. The molecule has 0 saturated carbocycles. The van der Waals surface area contributed by atoms with Gasteiger partial charge in [-0.05, 0) is 70.7 Å². The first-order valence-corrected chi connectivity index (χ1v) is 15.6. The predicted molar refractivity (Wildman–Crippen MR) is 173 cm³/mol. The number of rotatable bonds is 12. The van der Waals surface area contributed by atoms with E-state index in [1.54, 1.807) is 25.7 Å². The maximum absolute atomic E-state index is 14.2. The average molecular weight is 669 g/mol. The maximum atomic E-state index is 14.2. The van der Waals surface area contributed by atoms with Crippen LogP contribution in [0.15, 0.2) is 61.1 Å². The first-order valence-electron chi connectivity index (χ1n) is 15.6. The second-order valence-electron chi connectivity index (χ2n) is 13.1. The van der Waals surface area contributed by atoms with Crippen molar-refractivity contribution in [2.45, 2.75) is 77.3 Å². The molecule has 0 bridgehead atoms. The molecule has 258 valence electrons. The van der Waals surface area contributed by atoms with Crippen molar-refractivity contribution in [3.05, 3.63) is 83.8 Å². The molecule has 1 aromatic heterocycles. The summed E-state index contributed by atoms with van der Waals surface area (Å²) in [5.41, 5.74) is -1.22. The number of amides is 4. The molecule has 12 nitrogen and oxygen atoms in total. The smallest absolute Gasteiger partial charge is 0.408 e. The molecule has 0 radical (unpaired) electrons. The Hall–Kier alpha value is -4.85. The van der Waals surface area contributed by atoms with Gasteiger partial charge >= 0.3 is 6.09 Å². The van der Waals surface area contributed by atoms with E-state index in [1.165, 1.54) is 37.0 Å². The summed E-state index contributed by atoms with van der Waals surface area (Å²) < 4.78 is 40.5. The average Bonchev–Trinajstić information content (AvgIpc) is 3.71. The van der Waals surface area contributed by atoms with E-state index >= 15 is 0 Å². The van der Waals surface area contributed by atoms with Crippen LogP contribution in [0, 0.1) is 11.6 Å². The van der Waals surface area contributed by atoms with Gasteiger partial charge in [0, 0.05) is 19.3 Å². The van der Waals surface area contributed by atoms with Gasteiger partial charge in [-0.2, -0.15) is 0 Å². The van der Waals surface area contributed by atoms with Crippen LogP contribution in [0.5, 0.6) is 0 Å². The van der Waals surface area contributed by atoms with Crippen LogP contribution in [-0.2, 0) is 30.5 Å². The first-order chi connectivity index (χ1) is 22.6. The molecule has 1 saturated heterocycles. The van der Waals surface area contributed by atoms with Crippen molar-refractivity contribution in [3.8, 4) is 0 Å². The van der Waals surface area contributed by atoms with Crippen LogP contribution >= 0.6 is 0 Å². The molecule has 48 heavy (non-hydrogen) atoms. The Morgan fingerprint density at radius 2 is 1.65 bits per heavy atom. The second-order valence-corrected chi connectivity index (χ2v) is 13.1. The molecule has 1 aliphatic rings. The van der Waals surface area contributed by atoms with Crippen molar-refractivity contribution in [2.24, 2.45) is 0 Å². The third-order valence-corrected chi connectivity index (χ3v) is 7.46. The minimum atomic E-state index is -1.48. The van der Waals surface area contributed by atoms with Crippen molar-refractivity contribution >= 4 is 29.6 Å². The summed E-state index contributed by atoms with van der Waals surface area (Å²) in [6, 6.07) is 10.2. The highest BCUT2D eigenvalue weighted by atomic mass is 19.2. The molecule has 4 amide bonds. The molecule has 1 fully saturated rings. The number of halogens is 2. The van der Waals surface area contributed by atoms with Crippen molar-refractivity contribution in [2.75, 3.05) is 25.0 Å². The van der Waals surface area contributed by atoms with Gasteiger partial charge in [-0.15, -0.1) is 0 Å². The van der Waals surface area contributed by atoms with Crippen molar-refractivity contribution in [3.63, 3.8) is 0 Å². The third kappa shape index (κ3) is 9.83. The monoisotopic (exact) mass is 668 g/mol. The molecular weight excluding hydrogens is 626 g/mol. The summed E-state index contributed by atoms with van der Waals surface area (Å²) in [6.45, 7) is 8.97. The zero-order valence-electron chi connectivity index (χ0n) is 27.7. The quantitative estimate of drug-likeness (QED) is 0.261. The maximum Gasteiger partial charge on any atom is 0.408 e. The zero-order chi connectivity index (χ0) is 35.1. The SMILES string of the molecule is CC(C)(C)OC(=O)NC(C)(C)C(=O)N[C@H](COCc1ccccc1)C(=O)Nc1cn(C(C(=O)N2CCCC2)c2ccc(F)c(F)c2)cn1. The first kappa shape index (κ1) is 36.0. The number of aromatic nitrogens is 2. The van der Waals surface area contributed by atoms with Crippen molar-refractivity contribution < 1.29 is 37.4 Å². The highest BCUT2D eigenvalue weighted by Gasteiger charge is 2.35. The fourth-order valence-corrected chi connectivity index (χ4v) is 5.00. The van der Waals surface area contributed by atoms with E-state index in [0.29, 0.717) is 13.1 Å². The Labute approximate surface area is 278 Å². The molecule has 14 heteroatoms. The van der Waals surface area contributed by atoms with Crippen LogP contribution in [0.1, 0.15) is 64.6 Å². The molecular formula is C34H42F2N6O6. The number of ether oxygens (including phenoxy) is 2. The Balaban J connectivity index is 1.53. The van der Waals surface area contributed by atoms with Crippen LogP contribution in [0.3, 0.4) is 0 Å². The number of benzene rings is 2. The molecule has 2 atom stereocenters. The van der Waals surface area contributed by atoms with Gasteiger partial charge in [0.25, 0.3) is 5.91 Å². The zero-order valence-corrected chi connectivity index (χ0v) is 27.7. The van der Waals surface area contributed by atoms with Gasteiger partial charge in [-0.1, -0.05) is 36.4 Å². The van der Waals surface area contributed by atoms with E-state index in [-0.39, 0.29) is 30.5 Å². The largest absolute Gasteiger partial charge is 0.444 e. The minimum Gasteiger partial charge on any atom is -0.444 e. The van der Waals surface area contributed by atoms with Crippen molar-refractivity contribution in [1.29, 1.82) is 0 Å². The lowest BCUT2D eigenvalue weighted by molar-refractivity contribution is -0.132. The number of nitrogens with zero attached hydrogens (tertiary/aromatic N) is 3. The van der Waals surface area contributed by atoms with E-state index in [2.05, 4.69) is 20.9 Å². The van der Waals surface area contributed by atoms with Crippen LogP contribution in [0.4, 0.5) is 19.4 Å². The standard InChI is InChI=1S/C34H42F2N6O6/c1-33(2,3)48-32(46)40-34(4,5)31(45)38-26(20-47-19-22-11-7-6-8-12-22)29(43)39-27-18-42(21-37-27)28(30(44)41-15-9-10-16-41)23-13-14-24(35)25(36)17-23/h6-8,11-14,17-18,21,26,28H,9-10,15-16,19-20H2,1-5H3,(H,38,45)(H,39,43)(H,40,46)/t26-,28?/m1/s1. The van der Waals surface area contributed by atoms with Gasteiger partial charge < -0.3 is 34.9 Å². The van der Waals surface area contributed by atoms with Gasteiger partial charge in [0.2, 0.25) is 11.8 Å². The number of nitrogens with one attached hydrogen (secondary N) is 3.